The first-order chi connectivity index (χ1) is 8.76. The van der Waals surface area contributed by atoms with E-state index >= 15 is 0 Å². The molecule has 0 saturated heterocycles. The molecular weight excluding hydrogens is 232 g/mol. The molecule has 1 aromatic heterocycles. The first-order valence-electron chi connectivity index (χ1n) is 5.35. The molecule has 0 bridgehead atoms. The molecule has 18 heavy (non-hydrogen) atoms. The summed E-state index contributed by atoms with van der Waals surface area (Å²) in [5, 5.41) is 19.6. The van der Waals surface area contributed by atoms with E-state index in [0.29, 0.717) is 29.2 Å². The molecule has 0 unspecified atom stereocenters. The number of anilines is 1. The van der Waals surface area contributed by atoms with Crippen LogP contribution in [0.5, 0.6) is 5.75 Å². The number of hydrogen-bond acceptors (Lipinski definition) is 6. The van der Waals surface area contributed by atoms with E-state index in [0.717, 1.165) is 5.69 Å². The molecule has 92 valence electrons. The first-order valence-corrected chi connectivity index (χ1v) is 5.35. The molecule has 1 heterocycles. The summed E-state index contributed by atoms with van der Waals surface area (Å²) in [4.78, 5) is 0. The van der Waals surface area contributed by atoms with Crippen molar-refractivity contribution >= 4 is 5.69 Å². The van der Waals surface area contributed by atoms with E-state index in [1.54, 1.807) is 32.2 Å². The highest BCUT2D eigenvalue weighted by molar-refractivity contribution is 5.66. The molecular formula is C12H12N4O2. The number of rotatable bonds is 4. The van der Waals surface area contributed by atoms with Crippen LogP contribution in [0.1, 0.15) is 17.0 Å². The average molecular weight is 244 g/mol. The van der Waals surface area contributed by atoms with Gasteiger partial charge in [-0.1, -0.05) is 16.4 Å². The maximum Gasteiger partial charge on any atom is 0.143 e. The van der Waals surface area contributed by atoms with Gasteiger partial charge in [-0.05, 0) is 19.1 Å². The van der Waals surface area contributed by atoms with Crippen molar-refractivity contribution in [2.75, 3.05) is 12.4 Å². The van der Waals surface area contributed by atoms with Crippen LogP contribution in [-0.4, -0.2) is 17.4 Å². The summed E-state index contributed by atoms with van der Waals surface area (Å²) in [6.45, 7) is 2.23. The van der Waals surface area contributed by atoms with E-state index in [-0.39, 0.29) is 0 Å². The number of methoxy groups -OCH3 is 1. The fraction of sp³-hybridized carbons (Fsp3) is 0.250. The lowest BCUT2D eigenvalue weighted by molar-refractivity contribution is 0.301. The van der Waals surface area contributed by atoms with Crippen LogP contribution in [0.2, 0.25) is 0 Å². The van der Waals surface area contributed by atoms with Crippen LogP contribution in [0.4, 0.5) is 5.69 Å². The lowest BCUT2D eigenvalue weighted by Crippen LogP contribution is -2.04. The van der Waals surface area contributed by atoms with Crippen LogP contribution in [-0.2, 0) is 6.54 Å². The van der Waals surface area contributed by atoms with Crippen molar-refractivity contribution < 1.29 is 9.37 Å². The lowest BCUT2D eigenvalue weighted by atomic mass is 10.1. The predicted molar refractivity (Wildman–Crippen MR) is 64.1 cm³/mol. The quantitative estimate of drug-likeness (QED) is 0.883. The molecule has 0 radical (unpaired) electrons. The maximum absolute atomic E-state index is 9.06. The molecule has 6 nitrogen and oxygen atoms in total. The smallest absolute Gasteiger partial charge is 0.143 e. The monoisotopic (exact) mass is 244 g/mol. The summed E-state index contributed by atoms with van der Waals surface area (Å²) in [5.74, 6) is 0.614. The molecule has 0 saturated carbocycles. The number of hydrogen-bond donors (Lipinski definition) is 1. The number of aryl methyl sites for hydroxylation is 1. The minimum Gasteiger partial charge on any atom is -0.495 e. The molecule has 0 spiro atoms. The van der Waals surface area contributed by atoms with Gasteiger partial charge < -0.3 is 10.1 Å². The van der Waals surface area contributed by atoms with E-state index < -0.39 is 0 Å². The maximum atomic E-state index is 9.06. The largest absolute Gasteiger partial charge is 0.495 e. The summed E-state index contributed by atoms with van der Waals surface area (Å²) in [5.41, 5.74) is 2.58. The van der Waals surface area contributed by atoms with Crippen molar-refractivity contribution in [2.45, 2.75) is 13.5 Å². The zero-order valence-corrected chi connectivity index (χ0v) is 10.1. The zero-order chi connectivity index (χ0) is 13.0. The van der Waals surface area contributed by atoms with Crippen LogP contribution < -0.4 is 10.1 Å². The summed E-state index contributed by atoms with van der Waals surface area (Å²) in [6.07, 6.45) is 0. The van der Waals surface area contributed by atoms with E-state index in [9.17, 15) is 0 Å². The predicted octanol–water partition coefficient (Wildman–Crippen LogP) is 1.87. The van der Waals surface area contributed by atoms with Crippen LogP contribution in [0.15, 0.2) is 22.8 Å². The van der Waals surface area contributed by atoms with Crippen molar-refractivity contribution in [3.63, 3.8) is 0 Å². The summed E-state index contributed by atoms with van der Waals surface area (Å²) in [6, 6.07) is 7.39. The molecule has 1 aromatic carbocycles. The van der Waals surface area contributed by atoms with Crippen molar-refractivity contribution in [1.29, 1.82) is 5.26 Å². The second-order valence-electron chi connectivity index (χ2n) is 3.64. The molecule has 0 aliphatic carbocycles. The Kier molecular flexibility index (Phi) is 3.44. The molecule has 0 amide bonds. The number of nitrogens with one attached hydrogen (secondary N) is 1. The third-order valence-corrected chi connectivity index (χ3v) is 2.55. The molecule has 0 aliphatic rings. The Morgan fingerprint density at radius 2 is 2.28 bits per heavy atom. The number of para-hydroxylation sites is 1. The van der Waals surface area contributed by atoms with Crippen molar-refractivity contribution in [3.8, 4) is 11.8 Å². The van der Waals surface area contributed by atoms with E-state index in [1.165, 1.54) is 0 Å². The Morgan fingerprint density at radius 3 is 2.89 bits per heavy atom. The highest BCUT2D eigenvalue weighted by atomic mass is 16.6. The van der Waals surface area contributed by atoms with Crippen LogP contribution in [0.3, 0.4) is 0 Å². The van der Waals surface area contributed by atoms with Gasteiger partial charge in [0.2, 0.25) is 0 Å². The first kappa shape index (κ1) is 11.9. The Hall–Kier alpha value is -2.55. The average Bonchev–Trinajstić information content (AvgIpc) is 2.81. The van der Waals surface area contributed by atoms with Crippen LogP contribution in [0.25, 0.3) is 0 Å². The van der Waals surface area contributed by atoms with Crippen LogP contribution in [0, 0.1) is 18.3 Å². The van der Waals surface area contributed by atoms with Gasteiger partial charge in [0.1, 0.15) is 23.2 Å². The minimum absolute atomic E-state index is 0.421. The molecule has 1 N–H and O–H groups in total. The number of ether oxygens (including phenoxy) is 1. The molecule has 0 atom stereocenters. The standard InChI is InChI=1S/C12H12N4O2/c1-8-10(16-18-15-8)7-14-12-9(6-13)4-3-5-11(12)17-2/h3-5,14H,7H2,1-2H3. The lowest BCUT2D eigenvalue weighted by Gasteiger charge is -2.11. The van der Waals surface area contributed by atoms with Crippen molar-refractivity contribution in [2.24, 2.45) is 0 Å². The van der Waals surface area contributed by atoms with Crippen molar-refractivity contribution in [1.82, 2.24) is 10.3 Å². The molecule has 0 fully saturated rings. The SMILES string of the molecule is COc1cccc(C#N)c1NCc1nonc1C. The molecule has 0 aliphatic heterocycles. The number of nitrogens with zero attached hydrogens (tertiary/aromatic N) is 3. The zero-order valence-electron chi connectivity index (χ0n) is 10.1. The fourth-order valence-electron chi connectivity index (χ4n) is 1.56. The second-order valence-corrected chi connectivity index (χ2v) is 3.64. The van der Waals surface area contributed by atoms with Gasteiger partial charge in [-0.2, -0.15) is 5.26 Å². The Labute approximate surface area is 104 Å². The third kappa shape index (κ3) is 2.25. The van der Waals surface area contributed by atoms with Gasteiger partial charge in [0.05, 0.1) is 24.9 Å². The van der Waals surface area contributed by atoms with Gasteiger partial charge in [0.25, 0.3) is 0 Å². The molecule has 6 heteroatoms. The minimum atomic E-state index is 0.421. The van der Waals surface area contributed by atoms with Gasteiger partial charge >= 0.3 is 0 Å². The highest BCUT2D eigenvalue weighted by Crippen LogP contribution is 2.28. The van der Waals surface area contributed by atoms with Gasteiger partial charge in [-0.15, -0.1) is 0 Å². The van der Waals surface area contributed by atoms with Crippen LogP contribution >= 0.6 is 0 Å². The third-order valence-electron chi connectivity index (χ3n) is 2.55. The van der Waals surface area contributed by atoms with Gasteiger partial charge in [0, 0.05) is 0 Å². The highest BCUT2D eigenvalue weighted by Gasteiger charge is 2.10. The molecule has 2 rings (SSSR count). The number of aromatic nitrogens is 2. The van der Waals surface area contributed by atoms with E-state index in [4.69, 9.17) is 10.00 Å². The summed E-state index contributed by atoms with van der Waals surface area (Å²) in [7, 11) is 1.56. The Morgan fingerprint density at radius 1 is 1.44 bits per heavy atom. The van der Waals surface area contributed by atoms with Gasteiger partial charge in [-0.3, -0.25) is 0 Å². The van der Waals surface area contributed by atoms with Gasteiger partial charge in [0.15, 0.2) is 0 Å². The van der Waals surface area contributed by atoms with Gasteiger partial charge in [-0.25, -0.2) is 4.63 Å². The summed E-state index contributed by atoms with van der Waals surface area (Å²) < 4.78 is 9.83. The normalized spacial score (nSPS) is 9.83. The Bertz CT molecular complexity index is 586. The fourth-order valence-corrected chi connectivity index (χ4v) is 1.56. The Balaban J connectivity index is 2.23. The summed E-state index contributed by atoms with van der Waals surface area (Å²) >= 11 is 0. The topological polar surface area (TPSA) is 84.0 Å². The molecule has 2 aromatic rings. The van der Waals surface area contributed by atoms with E-state index in [2.05, 4.69) is 26.3 Å². The van der Waals surface area contributed by atoms with E-state index in [1.807, 2.05) is 0 Å². The second kappa shape index (κ2) is 5.19. The number of nitriles is 1. The number of benzene rings is 1. The van der Waals surface area contributed by atoms with Crippen molar-refractivity contribution in [3.05, 3.63) is 35.2 Å².